The minimum absolute atomic E-state index is 0.0886. The zero-order chi connectivity index (χ0) is 19.3. The Balaban J connectivity index is 1.43. The third-order valence-corrected chi connectivity index (χ3v) is 6.01. The fraction of sp³-hybridized carbons (Fsp3) is 0.304. The van der Waals surface area contributed by atoms with E-state index in [1.54, 1.807) is 0 Å². The number of rotatable bonds is 2. The molecule has 0 spiro atoms. The molecule has 1 aliphatic heterocycles. The van der Waals surface area contributed by atoms with E-state index < -0.39 is 0 Å². The molecule has 2 N–H and O–H groups in total. The molecule has 0 bridgehead atoms. The van der Waals surface area contributed by atoms with Gasteiger partial charge in [-0.3, -0.25) is 4.79 Å². The predicted octanol–water partition coefficient (Wildman–Crippen LogP) is 4.68. The van der Waals surface area contributed by atoms with Crippen LogP contribution in [-0.4, -0.2) is 38.8 Å². The monoisotopic (exact) mass is 372 g/mol. The van der Waals surface area contributed by atoms with Crippen molar-refractivity contribution in [3.63, 3.8) is 0 Å². The van der Waals surface area contributed by atoms with Crippen LogP contribution in [0.3, 0.4) is 0 Å². The van der Waals surface area contributed by atoms with Gasteiger partial charge >= 0.3 is 0 Å². The highest BCUT2D eigenvalue weighted by Gasteiger charge is 2.29. The highest BCUT2D eigenvalue weighted by Crippen LogP contribution is 2.29. The standard InChI is InChI=1S/C23H24N4O/c1-14-7-5-11-19-20(14)26-22(25-19)16-8-6-12-27(13-16)23(28)21-15(2)17-9-3-4-10-18(17)24-21/h3-5,7,9-11,16,24H,6,8,12-13H2,1-2H3,(H,25,26)/t16-/m0/s1. The number of carbonyl (C=O) groups is 1. The lowest BCUT2D eigenvalue weighted by Crippen LogP contribution is -2.39. The molecule has 0 aliphatic carbocycles. The Bertz CT molecular complexity index is 1190. The molecule has 1 atom stereocenters. The summed E-state index contributed by atoms with van der Waals surface area (Å²) in [5, 5.41) is 1.12. The minimum atomic E-state index is 0.0886. The van der Waals surface area contributed by atoms with Crippen LogP contribution in [0, 0.1) is 13.8 Å². The molecule has 5 nitrogen and oxygen atoms in total. The molecule has 0 unspecified atom stereocenters. The van der Waals surface area contributed by atoms with Gasteiger partial charge < -0.3 is 14.9 Å². The van der Waals surface area contributed by atoms with Gasteiger partial charge in [0.2, 0.25) is 0 Å². The van der Waals surface area contributed by atoms with E-state index in [1.807, 2.05) is 30.0 Å². The lowest BCUT2D eigenvalue weighted by Gasteiger charge is -2.31. The first-order valence-electron chi connectivity index (χ1n) is 9.93. The number of aromatic nitrogens is 3. The second-order valence-corrected chi connectivity index (χ2v) is 7.85. The van der Waals surface area contributed by atoms with Crippen LogP contribution in [-0.2, 0) is 0 Å². The minimum Gasteiger partial charge on any atom is -0.350 e. The molecule has 1 aliphatic rings. The van der Waals surface area contributed by atoms with Gasteiger partial charge in [-0.05, 0) is 49.9 Å². The number of para-hydroxylation sites is 2. The van der Waals surface area contributed by atoms with Gasteiger partial charge in [0, 0.05) is 29.9 Å². The van der Waals surface area contributed by atoms with E-state index in [9.17, 15) is 4.79 Å². The van der Waals surface area contributed by atoms with Gasteiger partial charge in [0.1, 0.15) is 11.5 Å². The summed E-state index contributed by atoms with van der Waals surface area (Å²) in [6, 6.07) is 14.3. The van der Waals surface area contributed by atoms with E-state index >= 15 is 0 Å². The van der Waals surface area contributed by atoms with Crippen LogP contribution in [0.2, 0.25) is 0 Å². The van der Waals surface area contributed by atoms with Crippen LogP contribution in [0.15, 0.2) is 42.5 Å². The molecular formula is C23H24N4O. The van der Waals surface area contributed by atoms with Gasteiger partial charge in [0.05, 0.1) is 11.0 Å². The summed E-state index contributed by atoms with van der Waals surface area (Å²) >= 11 is 0. The first-order valence-corrected chi connectivity index (χ1v) is 9.93. The van der Waals surface area contributed by atoms with E-state index in [2.05, 4.69) is 41.2 Å². The summed E-state index contributed by atoms with van der Waals surface area (Å²) in [5.41, 5.74) is 6.05. The highest BCUT2D eigenvalue weighted by atomic mass is 16.2. The van der Waals surface area contributed by atoms with Crippen LogP contribution in [0.25, 0.3) is 21.9 Å². The second-order valence-electron chi connectivity index (χ2n) is 7.85. The number of hydrogen-bond acceptors (Lipinski definition) is 2. The number of hydrogen-bond donors (Lipinski definition) is 2. The Labute approximate surface area is 163 Å². The maximum absolute atomic E-state index is 13.3. The van der Waals surface area contributed by atoms with Crippen molar-refractivity contribution < 1.29 is 4.79 Å². The average molecular weight is 372 g/mol. The molecule has 4 aromatic rings. The number of amides is 1. The molecule has 5 heteroatoms. The van der Waals surface area contributed by atoms with Crippen molar-refractivity contribution in [2.45, 2.75) is 32.6 Å². The van der Waals surface area contributed by atoms with Gasteiger partial charge in [-0.25, -0.2) is 4.98 Å². The molecule has 1 amide bonds. The van der Waals surface area contributed by atoms with E-state index in [0.29, 0.717) is 12.2 Å². The predicted molar refractivity (Wildman–Crippen MR) is 112 cm³/mol. The molecule has 1 saturated heterocycles. The van der Waals surface area contributed by atoms with Crippen molar-refractivity contribution >= 4 is 27.8 Å². The Morgan fingerprint density at radius 1 is 1.07 bits per heavy atom. The number of aryl methyl sites for hydroxylation is 2. The van der Waals surface area contributed by atoms with E-state index in [4.69, 9.17) is 4.98 Å². The SMILES string of the molecule is Cc1c(C(=O)N2CCC[C@H](c3nc4c(C)cccc4[nH]3)C2)[nH]c2ccccc12. The van der Waals surface area contributed by atoms with Crippen molar-refractivity contribution in [1.82, 2.24) is 19.9 Å². The molecule has 2 aromatic carbocycles. The van der Waals surface area contributed by atoms with Gasteiger partial charge in [-0.15, -0.1) is 0 Å². The topological polar surface area (TPSA) is 64.8 Å². The molecule has 0 radical (unpaired) electrons. The number of nitrogens with zero attached hydrogens (tertiary/aromatic N) is 2. The van der Waals surface area contributed by atoms with Crippen molar-refractivity contribution in [2.24, 2.45) is 0 Å². The number of nitrogens with one attached hydrogen (secondary N) is 2. The fourth-order valence-corrected chi connectivity index (χ4v) is 4.43. The maximum atomic E-state index is 13.3. The largest absolute Gasteiger partial charge is 0.350 e. The molecular weight excluding hydrogens is 348 g/mol. The summed E-state index contributed by atoms with van der Waals surface area (Å²) in [5.74, 6) is 1.33. The summed E-state index contributed by atoms with van der Waals surface area (Å²) < 4.78 is 0. The zero-order valence-electron chi connectivity index (χ0n) is 16.2. The zero-order valence-corrected chi connectivity index (χ0v) is 16.2. The fourth-order valence-electron chi connectivity index (χ4n) is 4.43. The van der Waals surface area contributed by atoms with E-state index in [-0.39, 0.29) is 11.8 Å². The van der Waals surface area contributed by atoms with Crippen LogP contribution in [0.1, 0.15) is 46.2 Å². The number of fused-ring (bicyclic) bond motifs is 2. The van der Waals surface area contributed by atoms with Crippen molar-refractivity contribution in [3.05, 3.63) is 65.1 Å². The number of H-pyrrole nitrogens is 2. The third kappa shape index (κ3) is 2.70. The third-order valence-electron chi connectivity index (χ3n) is 6.01. The molecule has 5 rings (SSSR count). The van der Waals surface area contributed by atoms with Gasteiger partial charge in [0.25, 0.3) is 5.91 Å². The summed E-state index contributed by atoms with van der Waals surface area (Å²) in [7, 11) is 0. The molecule has 2 aromatic heterocycles. The van der Waals surface area contributed by atoms with E-state index in [1.165, 1.54) is 5.56 Å². The number of aromatic amines is 2. The highest BCUT2D eigenvalue weighted by molar-refractivity contribution is 6.01. The maximum Gasteiger partial charge on any atom is 0.270 e. The summed E-state index contributed by atoms with van der Waals surface area (Å²) in [6.45, 7) is 5.60. The molecule has 142 valence electrons. The second kappa shape index (κ2) is 6.51. The number of carbonyl (C=O) groups excluding carboxylic acids is 1. The van der Waals surface area contributed by atoms with E-state index in [0.717, 1.165) is 52.7 Å². The number of imidazole rings is 1. The van der Waals surface area contributed by atoms with Crippen molar-refractivity contribution in [3.8, 4) is 0 Å². The average Bonchev–Trinajstić information content (AvgIpc) is 3.31. The number of piperidine rings is 1. The summed E-state index contributed by atoms with van der Waals surface area (Å²) in [4.78, 5) is 26.9. The van der Waals surface area contributed by atoms with Crippen molar-refractivity contribution in [2.75, 3.05) is 13.1 Å². The van der Waals surface area contributed by atoms with Gasteiger partial charge in [0.15, 0.2) is 0 Å². The van der Waals surface area contributed by atoms with Crippen molar-refractivity contribution in [1.29, 1.82) is 0 Å². The van der Waals surface area contributed by atoms with Crippen LogP contribution in [0.5, 0.6) is 0 Å². The van der Waals surface area contributed by atoms with Crippen LogP contribution >= 0.6 is 0 Å². The van der Waals surface area contributed by atoms with Gasteiger partial charge in [-0.1, -0.05) is 30.3 Å². The first-order chi connectivity index (χ1) is 13.6. The van der Waals surface area contributed by atoms with Crippen LogP contribution < -0.4 is 0 Å². The molecule has 3 heterocycles. The Morgan fingerprint density at radius 3 is 2.71 bits per heavy atom. The summed E-state index contributed by atoms with van der Waals surface area (Å²) in [6.07, 6.45) is 2.04. The number of likely N-dealkylation sites (tertiary alicyclic amines) is 1. The smallest absolute Gasteiger partial charge is 0.270 e. The molecule has 28 heavy (non-hydrogen) atoms. The van der Waals surface area contributed by atoms with Crippen LogP contribution in [0.4, 0.5) is 0 Å². The molecule has 0 saturated carbocycles. The quantitative estimate of drug-likeness (QED) is 0.536. The first kappa shape index (κ1) is 17.0. The normalized spacial score (nSPS) is 17.5. The Hall–Kier alpha value is -3.08. The Morgan fingerprint density at radius 2 is 1.89 bits per heavy atom. The lowest BCUT2D eigenvalue weighted by atomic mass is 9.97. The lowest BCUT2D eigenvalue weighted by molar-refractivity contribution is 0.0699. The molecule has 1 fully saturated rings. The Kier molecular flexibility index (Phi) is 3.97. The number of benzene rings is 2. The van der Waals surface area contributed by atoms with Gasteiger partial charge in [-0.2, -0.15) is 0 Å².